The molecule has 0 bridgehead atoms. The first-order valence-electron chi connectivity index (χ1n) is 9.41. The Morgan fingerprint density at radius 1 is 1.12 bits per heavy atom. The quantitative estimate of drug-likeness (QED) is 0.811. The summed E-state index contributed by atoms with van der Waals surface area (Å²) in [4.78, 5) is 16.6. The SMILES string of the molecule is O=C1CCCN1CC1CCCN(CC2(c3ccc(Cl)cc3)CC2)C1. The minimum Gasteiger partial charge on any atom is -0.342 e. The monoisotopic (exact) mass is 346 g/mol. The number of carbonyl (C=O) groups excluding carboxylic acids is 1. The first-order chi connectivity index (χ1) is 11.6. The molecule has 2 saturated heterocycles. The molecule has 1 saturated carbocycles. The number of benzene rings is 1. The van der Waals surface area contributed by atoms with Crippen LogP contribution in [0.5, 0.6) is 0 Å². The van der Waals surface area contributed by atoms with Crippen LogP contribution in [0.4, 0.5) is 0 Å². The molecule has 3 nitrogen and oxygen atoms in total. The van der Waals surface area contributed by atoms with Crippen LogP contribution in [0.3, 0.4) is 0 Å². The van der Waals surface area contributed by atoms with Gasteiger partial charge < -0.3 is 9.80 Å². The summed E-state index contributed by atoms with van der Waals surface area (Å²) < 4.78 is 0. The lowest BCUT2D eigenvalue weighted by Gasteiger charge is -2.36. The van der Waals surface area contributed by atoms with Gasteiger partial charge in [0.05, 0.1) is 0 Å². The van der Waals surface area contributed by atoms with E-state index in [0.29, 0.717) is 17.2 Å². The van der Waals surface area contributed by atoms with E-state index < -0.39 is 0 Å². The third-order valence-electron chi connectivity index (χ3n) is 6.09. The molecule has 2 aliphatic heterocycles. The number of carbonyl (C=O) groups is 1. The van der Waals surface area contributed by atoms with Crippen molar-refractivity contribution in [2.24, 2.45) is 5.92 Å². The molecule has 3 aliphatic rings. The molecule has 1 aromatic rings. The summed E-state index contributed by atoms with van der Waals surface area (Å²) in [5.41, 5.74) is 1.80. The van der Waals surface area contributed by atoms with Crippen LogP contribution in [-0.4, -0.2) is 48.4 Å². The fraction of sp³-hybridized carbons (Fsp3) is 0.650. The largest absolute Gasteiger partial charge is 0.342 e. The van der Waals surface area contributed by atoms with Gasteiger partial charge in [-0.2, -0.15) is 0 Å². The normalized spacial score (nSPS) is 26.8. The molecule has 1 amide bonds. The fourth-order valence-corrected chi connectivity index (χ4v) is 4.70. The second-order valence-corrected chi connectivity index (χ2v) is 8.41. The van der Waals surface area contributed by atoms with E-state index in [1.807, 2.05) is 12.1 Å². The van der Waals surface area contributed by atoms with Gasteiger partial charge in [-0.1, -0.05) is 23.7 Å². The van der Waals surface area contributed by atoms with Gasteiger partial charge in [0.1, 0.15) is 0 Å². The number of hydrogen-bond acceptors (Lipinski definition) is 2. The van der Waals surface area contributed by atoms with E-state index in [4.69, 9.17) is 11.6 Å². The summed E-state index contributed by atoms with van der Waals surface area (Å²) in [5, 5.41) is 0.822. The molecule has 1 unspecified atom stereocenters. The predicted octanol–water partition coefficient (Wildman–Crippen LogP) is 3.71. The Morgan fingerprint density at radius 3 is 2.58 bits per heavy atom. The second-order valence-electron chi connectivity index (χ2n) is 7.97. The topological polar surface area (TPSA) is 23.6 Å². The summed E-state index contributed by atoms with van der Waals surface area (Å²) in [6, 6.07) is 8.46. The molecule has 0 radical (unpaired) electrons. The van der Waals surface area contributed by atoms with Crippen molar-refractivity contribution in [2.45, 2.75) is 43.9 Å². The van der Waals surface area contributed by atoms with E-state index >= 15 is 0 Å². The van der Waals surface area contributed by atoms with Crippen molar-refractivity contribution >= 4 is 17.5 Å². The summed E-state index contributed by atoms with van der Waals surface area (Å²) in [6.45, 7) is 5.48. The van der Waals surface area contributed by atoms with Gasteiger partial charge in [0.25, 0.3) is 0 Å². The van der Waals surface area contributed by atoms with E-state index in [1.54, 1.807) is 0 Å². The van der Waals surface area contributed by atoms with E-state index in [9.17, 15) is 4.79 Å². The van der Waals surface area contributed by atoms with Gasteiger partial charge in [-0.3, -0.25) is 4.79 Å². The molecule has 0 N–H and O–H groups in total. The lowest BCUT2D eigenvalue weighted by atomic mass is 9.92. The highest BCUT2D eigenvalue weighted by molar-refractivity contribution is 6.30. The molecule has 4 rings (SSSR count). The van der Waals surface area contributed by atoms with Crippen molar-refractivity contribution in [1.82, 2.24) is 9.80 Å². The predicted molar refractivity (Wildman–Crippen MR) is 97.3 cm³/mol. The molecule has 4 heteroatoms. The summed E-state index contributed by atoms with van der Waals surface area (Å²) >= 11 is 6.04. The highest BCUT2D eigenvalue weighted by atomic mass is 35.5. The fourth-order valence-electron chi connectivity index (χ4n) is 4.57. The smallest absolute Gasteiger partial charge is 0.222 e. The zero-order chi connectivity index (χ0) is 16.6. The van der Waals surface area contributed by atoms with E-state index in [1.165, 1.54) is 44.3 Å². The van der Waals surface area contributed by atoms with Crippen LogP contribution in [0.1, 0.15) is 44.1 Å². The van der Waals surface area contributed by atoms with Crippen LogP contribution in [0, 0.1) is 5.92 Å². The molecule has 24 heavy (non-hydrogen) atoms. The molecular formula is C20H27ClN2O. The number of hydrogen-bond donors (Lipinski definition) is 0. The van der Waals surface area contributed by atoms with Gasteiger partial charge in [-0.25, -0.2) is 0 Å². The Balaban J connectivity index is 1.36. The maximum atomic E-state index is 11.9. The maximum absolute atomic E-state index is 11.9. The summed E-state index contributed by atoms with van der Waals surface area (Å²) in [7, 11) is 0. The zero-order valence-electron chi connectivity index (χ0n) is 14.3. The summed E-state index contributed by atoms with van der Waals surface area (Å²) in [5.74, 6) is 1.02. The van der Waals surface area contributed by atoms with Gasteiger partial charge in [-0.05, 0) is 62.3 Å². The van der Waals surface area contributed by atoms with Crippen LogP contribution in [0.2, 0.25) is 5.02 Å². The van der Waals surface area contributed by atoms with Crippen molar-refractivity contribution in [3.05, 3.63) is 34.9 Å². The van der Waals surface area contributed by atoms with E-state index in [2.05, 4.69) is 21.9 Å². The highest BCUT2D eigenvalue weighted by Crippen LogP contribution is 2.49. The van der Waals surface area contributed by atoms with Crippen molar-refractivity contribution in [2.75, 3.05) is 32.7 Å². The van der Waals surface area contributed by atoms with Crippen molar-refractivity contribution < 1.29 is 4.79 Å². The maximum Gasteiger partial charge on any atom is 0.222 e. The van der Waals surface area contributed by atoms with Gasteiger partial charge >= 0.3 is 0 Å². The molecule has 130 valence electrons. The molecule has 1 atom stereocenters. The van der Waals surface area contributed by atoms with E-state index in [-0.39, 0.29) is 0 Å². The van der Waals surface area contributed by atoms with Crippen LogP contribution in [-0.2, 0) is 10.2 Å². The zero-order valence-corrected chi connectivity index (χ0v) is 15.1. The molecule has 1 aliphatic carbocycles. The first-order valence-corrected chi connectivity index (χ1v) is 9.79. The summed E-state index contributed by atoms with van der Waals surface area (Å²) in [6.07, 6.45) is 6.93. The Hall–Kier alpha value is -1.06. The van der Waals surface area contributed by atoms with Crippen molar-refractivity contribution in [3.8, 4) is 0 Å². The van der Waals surface area contributed by atoms with Gasteiger partial charge in [0.2, 0.25) is 5.91 Å². The molecule has 0 aromatic heterocycles. The Bertz CT molecular complexity index is 596. The Labute approximate surface area is 150 Å². The Kier molecular flexibility index (Phi) is 4.57. The minimum absolute atomic E-state index is 0.357. The van der Waals surface area contributed by atoms with Crippen LogP contribution in [0.25, 0.3) is 0 Å². The number of nitrogens with zero attached hydrogens (tertiary/aromatic N) is 2. The third kappa shape index (κ3) is 3.48. The molecule has 0 spiro atoms. The lowest BCUT2D eigenvalue weighted by Crippen LogP contribution is -2.44. The Morgan fingerprint density at radius 2 is 1.92 bits per heavy atom. The number of rotatable bonds is 5. The number of piperidine rings is 1. The van der Waals surface area contributed by atoms with Gasteiger partial charge in [-0.15, -0.1) is 0 Å². The number of halogens is 1. The van der Waals surface area contributed by atoms with Gasteiger partial charge in [0, 0.05) is 43.0 Å². The second kappa shape index (κ2) is 6.68. The average molecular weight is 347 g/mol. The molecule has 3 fully saturated rings. The van der Waals surface area contributed by atoms with Crippen molar-refractivity contribution in [3.63, 3.8) is 0 Å². The van der Waals surface area contributed by atoms with Crippen LogP contribution in [0.15, 0.2) is 24.3 Å². The third-order valence-corrected chi connectivity index (χ3v) is 6.34. The first kappa shape index (κ1) is 16.4. The lowest BCUT2D eigenvalue weighted by molar-refractivity contribution is -0.128. The van der Waals surface area contributed by atoms with Gasteiger partial charge in [0.15, 0.2) is 0 Å². The minimum atomic E-state index is 0.357. The average Bonchev–Trinajstić information content (AvgIpc) is 3.25. The molecule has 2 heterocycles. The highest BCUT2D eigenvalue weighted by Gasteiger charge is 2.45. The van der Waals surface area contributed by atoms with Crippen LogP contribution >= 0.6 is 11.6 Å². The number of likely N-dealkylation sites (tertiary alicyclic amines) is 2. The molecule has 1 aromatic carbocycles. The standard InChI is InChI=1S/C20H27ClN2O/c21-18-7-5-17(6-8-18)20(9-10-20)15-22-11-1-3-16(13-22)14-23-12-2-4-19(23)24/h5-8,16H,1-4,9-15H2. The molecular weight excluding hydrogens is 320 g/mol. The van der Waals surface area contributed by atoms with Crippen molar-refractivity contribution in [1.29, 1.82) is 0 Å². The van der Waals surface area contributed by atoms with Crippen LogP contribution < -0.4 is 0 Å². The van der Waals surface area contributed by atoms with E-state index in [0.717, 1.165) is 37.5 Å². The number of amides is 1.